The van der Waals surface area contributed by atoms with Crippen LogP contribution in [0.4, 0.5) is 5.69 Å². The molecule has 1 saturated heterocycles. The Balaban J connectivity index is 1.67. The van der Waals surface area contributed by atoms with E-state index in [1.54, 1.807) is 0 Å². The summed E-state index contributed by atoms with van der Waals surface area (Å²) in [6.45, 7) is 5.44. The lowest BCUT2D eigenvalue weighted by Gasteiger charge is -2.31. The second kappa shape index (κ2) is 7.37. The molecule has 3 aromatic rings. The first kappa shape index (κ1) is 16.9. The lowest BCUT2D eigenvalue weighted by molar-refractivity contribution is 0.585. The molecule has 0 spiro atoms. The van der Waals surface area contributed by atoms with E-state index < -0.39 is 0 Å². The molecular formula is C25H27N. The highest BCUT2D eigenvalue weighted by Crippen LogP contribution is 2.38. The fourth-order valence-corrected chi connectivity index (χ4v) is 4.22. The van der Waals surface area contributed by atoms with Crippen molar-refractivity contribution in [1.82, 2.24) is 0 Å². The summed E-state index contributed by atoms with van der Waals surface area (Å²) in [4.78, 5) is 2.62. The molecular weight excluding hydrogens is 314 g/mol. The van der Waals surface area contributed by atoms with Crippen molar-refractivity contribution in [2.24, 2.45) is 0 Å². The summed E-state index contributed by atoms with van der Waals surface area (Å²) < 4.78 is 0. The minimum atomic E-state index is 0.503. The largest absolute Gasteiger partial charge is 0.368 e. The molecule has 0 amide bonds. The van der Waals surface area contributed by atoms with Gasteiger partial charge in [-0.1, -0.05) is 77.9 Å². The van der Waals surface area contributed by atoms with Crippen molar-refractivity contribution in [3.8, 4) is 0 Å². The fraction of sp³-hybridized carbons (Fsp3) is 0.280. The molecule has 2 atom stereocenters. The van der Waals surface area contributed by atoms with Gasteiger partial charge in [0.25, 0.3) is 0 Å². The van der Waals surface area contributed by atoms with Gasteiger partial charge in [-0.3, -0.25) is 0 Å². The van der Waals surface area contributed by atoms with Crippen molar-refractivity contribution < 1.29 is 0 Å². The van der Waals surface area contributed by atoms with Gasteiger partial charge in [0.1, 0.15) is 0 Å². The molecule has 0 radical (unpaired) electrons. The van der Waals surface area contributed by atoms with E-state index in [0.717, 1.165) is 13.0 Å². The van der Waals surface area contributed by atoms with Gasteiger partial charge in [-0.15, -0.1) is 0 Å². The molecule has 1 heteroatoms. The van der Waals surface area contributed by atoms with Crippen LogP contribution >= 0.6 is 0 Å². The fourth-order valence-electron chi connectivity index (χ4n) is 4.22. The Morgan fingerprint density at radius 3 is 2.04 bits per heavy atom. The zero-order chi connectivity index (χ0) is 17.9. The van der Waals surface area contributed by atoms with Crippen LogP contribution in [0.2, 0.25) is 0 Å². The first-order valence-electron chi connectivity index (χ1n) is 9.64. The molecule has 1 aliphatic heterocycles. The van der Waals surface area contributed by atoms with E-state index >= 15 is 0 Å². The maximum Gasteiger partial charge on any atom is 0.0399 e. The van der Waals surface area contributed by atoms with Crippen molar-refractivity contribution in [3.63, 3.8) is 0 Å². The average molecular weight is 341 g/mol. The summed E-state index contributed by atoms with van der Waals surface area (Å²) in [5, 5.41) is 0. The third-order valence-corrected chi connectivity index (χ3v) is 5.70. The van der Waals surface area contributed by atoms with Crippen LogP contribution < -0.4 is 4.90 Å². The molecule has 1 aliphatic rings. The summed E-state index contributed by atoms with van der Waals surface area (Å²) in [6.07, 6.45) is 2.31. The van der Waals surface area contributed by atoms with Crippen LogP contribution in [-0.4, -0.2) is 12.6 Å². The zero-order valence-electron chi connectivity index (χ0n) is 15.7. The Kier molecular flexibility index (Phi) is 4.79. The number of anilines is 1. The van der Waals surface area contributed by atoms with Crippen molar-refractivity contribution in [2.45, 2.75) is 38.6 Å². The van der Waals surface area contributed by atoms with Crippen molar-refractivity contribution in [1.29, 1.82) is 0 Å². The van der Waals surface area contributed by atoms with Crippen LogP contribution in [0.25, 0.3) is 0 Å². The smallest absolute Gasteiger partial charge is 0.0399 e. The standard InChI is InChI=1S/C25H27N/c1-19-8-12-21(13-9-19)18-25-24(22-6-4-3-5-7-22)16-17-26(25)23-14-10-20(2)11-15-23/h3-15,24-25H,16-18H2,1-2H3. The average Bonchev–Trinajstić information content (AvgIpc) is 3.08. The molecule has 1 fully saturated rings. The van der Waals surface area contributed by atoms with Gasteiger partial charge < -0.3 is 4.90 Å². The van der Waals surface area contributed by atoms with Crippen LogP contribution in [0.15, 0.2) is 78.9 Å². The minimum Gasteiger partial charge on any atom is -0.368 e. The number of hydrogen-bond donors (Lipinski definition) is 0. The van der Waals surface area contributed by atoms with Crippen LogP contribution in [0.5, 0.6) is 0 Å². The Labute approximate surface area is 157 Å². The van der Waals surface area contributed by atoms with Crippen LogP contribution in [-0.2, 0) is 6.42 Å². The highest BCUT2D eigenvalue weighted by molar-refractivity contribution is 5.51. The predicted molar refractivity (Wildman–Crippen MR) is 111 cm³/mol. The van der Waals surface area contributed by atoms with Crippen molar-refractivity contribution >= 4 is 5.69 Å². The van der Waals surface area contributed by atoms with Gasteiger partial charge in [0, 0.05) is 24.2 Å². The quantitative estimate of drug-likeness (QED) is 0.570. The molecule has 132 valence electrons. The summed E-state index contributed by atoms with van der Waals surface area (Å²) in [5.41, 5.74) is 6.91. The lowest BCUT2D eigenvalue weighted by atomic mass is 9.88. The topological polar surface area (TPSA) is 3.24 Å². The predicted octanol–water partition coefficient (Wildman–Crippen LogP) is 5.91. The highest BCUT2D eigenvalue weighted by Gasteiger charge is 2.35. The maximum absolute atomic E-state index is 2.62. The molecule has 3 aromatic carbocycles. The van der Waals surface area contributed by atoms with Crippen LogP contribution in [0.3, 0.4) is 0 Å². The van der Waals surface area contributed by atoms with E-state index in [9.17, 15) is 0 Å². The number of hydrogen-bond acceptors (Lipinski definition) is 1. The van der Waals surface area contributed by atoms with E-state index in [-0.39, 0.29) is 0 Å². The molecule has 2 unspecified atom stereocenters. The second-order valence-electron chi connectivity index (χ2n) is 7.59. The lowest BCUT2D eigenvalue weighted by Crippen LogP contribution is -2.34. The molecule has 26 heavy (non-hydrogen) atoms. The number of rotatable bonds is 4. The van der Waals surface area contributed by atoms with E-state index in [2.05, 4.69) is 97.6 Å². The van der Waals surface area contributed by atoms with Gasteiger partial charge in [-0.2, -0.15) is 0 Å². The van der Waals surface area contributed by atoms with E-state index in [1.165, 1.54) is 34.4 Å². The summed E-state index contributed by atoms with van der Waals surface area (Å²) in [5.74, 6) is 0.582. The Bertz CT molecular complexity index is 834. The van der Waals surface area contributed by atoms with E-state index in [1.807, 2.05) is 0 Å². The summed E-state index contributed by atoms with van der Waals surface area (Å²) in [6, 6.07) is 29.6. The summed E-state index contributed by atoms with van der Waals surface area (Å²) in [7, 11) is 0. The maximum atomic E-state index is 2.62. The number of aryl methyl sites for hydroxylation is 2. The Hall–Kier alpha value is -2.54. The molecule has 4 rings (SSSR count). The second-order valence-corrected chi connectivity index (χ2v) is 7.59. The van der Waals surface area contributed by atoms with Crippen LogP contribution in [0.1, 0.15) is 34.6 Å². The SMILES string of the molecule is Cc1ccc(CC2C(c3ccccc3)CCN2c2ccc(C)cc2)cc1. The molecule has 0 N–H and O–H groups in total. The van der Waals surface area contributed by atoms with Gasteiger partial charge in [-0.05, 0) is 49.9 Å². The van der Waals surface area contributed by atoms with Gasteiger partial charge in [0.2, 0.25) is 0 Å². The van der Waals surface area contributed by atoms with Gasteiger partial charge in [0.05, 0.1) is 0 Å². The van der Waals surface area contributed by atoms with Crippen molar-refractivity contribution in [3.05, 3.63) is 101 Å². The first-order valence-corrected chi connectivity index (χ1v) is 9.64. The van der Waals surface area contributed by atoms with E-state index in [0.29, 0.717) is 12.0 Å². The van der Waals surface area contributed by atoms with Gasteiger partial charge in [0.15, 0.2) is 0 Å². The minimum absolute atomic E-state index is 0.503. The Morgan fingerprint density at radius 2 is 1.38 bits per heavy atom. The van der Waals surface area contributed by atoms with Gasteiger partial charge in [-0.25, -0.2) is 0 Å². The van der Waals surface area contributed by atoms with E-state index in [4.69, 9.17) is 0 Å². The third-order valence-electron chi connectivity index (χ3n) is 5.70. The molecule has 0 aromatic heterocycles. The molecule has 0 bridgehead atoms. The molecule has 1 nitrogen and oxygen atoms in total. The van der Waals surface area contributed by atoms with Crippen LogP contribution in [0, 0.1) is 13.8 Å². The normalized spacial score (nSPS) is 19.7. The number of nitrogens with zero attached hydrogens (tertiary/aromatic N) is 1. The third kappa shape index (κ3) is 3.53. The number of benzene rings is 3. The summed E-state index contributed by atoms with van der Waals surface area (Å²) >= 11 is 0. The van der Waals surface area contributed by atoms with Gasteiger partial charge >= 0.3 is 0 Å². The molecule has 0 saturated carbocycles. The molecule has 0 aliphatic carbocycles. The zero-order valence-corrected chi connectivity index (χ0v) is 15.7. The molecule has 1 heterocycles. The van der Waals surface area contributed by atoms with Crippen molar-refractivity contribution in [2.75, 3.05) is 11.4 Å². The highest BCUT2D eigenvalue weighted by atomic mass is 15.2. The Morgan fingerprint density at radius 1 is 0.769 bits per heavy atom. The monoisotopic (exact) mass is 341 g/mol. The first-order chi connectivity index (χ1) is 12.7.